The van der Waals surface area contributed by atoms with Gasteiger partial charge in [0.15, 0.2) is 0 Å². The minimum Gasteiger partial charge on any atom is -0.310 e. The third-order valence-corrected chi connectivity index (χ3v) is 8.16. The van der Waals surface area contributed by atoms with E-state index in [4.69, 9.17) is 0 Å². The van der Waals surface area contributed by atoms with Crippen molar-refractivity contribution < 1.29 is 0 Å². The van der Waals surface area contributed by atoms with E-state index in [1.807, 2.05) is 55.4 Å². The zero-order valence-electron chi connectivity index (χ0n) is 31.1. The summed E-state index contributed by atoms with van der Waals surface area (Å²) in [6.45, 7) is 16.0. The molecule has 8 aromatic rings. The van der Waals surface area contributed by atoms with E-state index in [0.717, 1.165) is 22.7 Å². The van der Waals surface area contributed by atoms with Gasteiger partial charge in [-0.15, -0.1) is 0 Å². The van der Waals surface area contributed by atoms with Gasteiger partial charge in [0.25, 0.3) is 0 Å². The van der Waals surface area contributed by atoms with Gasteiger partial charge in [0.2, 0.25) is 0 Å². The van der Waals surface area contributed by atoms with Gasteiger partial charge in [-0.3, -0.25) is 0 Å². The van der Waals surface area contributed by atoms with Gasteiger partial charge < -0.3 is 9.80 Å². The summed E-state index contributed by atoms with van der Waals surface area (Å²) in [6, 6.07) is 60.8. The minimum atomic E-state index is 1.14. The lowest BCUT2D eigenvalue weighted by Gasteiger charge is -2.29. The highest BCUT2D eigenvalue weighted by Gasteiger charge is 2.21. The molecule has 0 saturated heterocycles. The van der Waals surface area contributed by atoms with E-state index in [-0.39, 0.29) is 0 Å². The van der Waals surface area contributed by atoms with Crippen molar-refractivity contribution in [3.8, 4) is 0 Å². The van der Waals surface area contributed by atoms with E-state index >= 15 is 0 Å². The van der Waals surface area contributed by atoms with Gasteiger partial charge in [0.05, 0.1) is 11.4 Å². The third-order valence-electron chi connectivity index (χ3n) is 8.16. The fourth-order valence-corrected chi connectivity index (χ4v) is 6.32. The first-order valence-corrected chi connectivity index (χ1v) is 18.4. The Labute approximate surface area is 300 Å². The van der Waals surface area contributed by atoms with Crippen LogP contribution in [0.4, 0.5) is 34.1 Å². The lowest BCUT2D eigenvalue weighted by Crippen LogP contribution is -2.11. The van der Waals surface area contributed by atoms with Gasteiger partial charge in [-0.2, -0.15) is 0 Å². The monoisotopic (exact) mass is 656 g/mol. The highest BCUT2D eigenvalue weighted by molar-refractivity contribution is 6.28. The van der Waals surface area contributed by atoms with Crippen molar-refractivity contribution in [1.82, 2.24) is 0 Å². The van der Waals surface area contributed by atoms with Gasteiger partial charge in [0.1, 0.15) is 0 Å². The van der Waals surface area contributed by atoms with E-state index in [9.17, 15) is 0 Å². The second kappa shape index (κ2) is 18.8. The molecular formula is C48H52N2. The first kappa shape index (κ1) is 37.2. The standard InChI is InChI=1S/C40H28N2.4C2H6/c1-5-13-31(14-6-1)41(32-15-7-2-8-16-32)37-27-23-29-22-26-36-38(28-24-30-21-25-35(37)39(29)40(30)36)42(33-17-9-3-10-18-33)34-19-11-4-12-20-34;4*1-2/h1-28H;4*1-2H3. The van der Waals surface area contributed by atoms with Crippen LogP contribution in [0.5, 0.6) is 0 Å². The molecule has 0 fully saturated rings. The molecule has 0 atom stereocenters. The predicted octanol–water partition coefficient (Wildman–Crippen LogP) is 15.6. The second-order valence-electron chi connectivity index (χ2n) is 10.6. The Morgan fingerprint density at radius 3 is 0.760 bits per heavy atom. The molecule has 0 unspecified atom stereocenters. The van der Waals surface area contributed by atoms with Gasteiger partial charge in [-0.1, -0.05) is 165 Å². The normalized spacial score (nSPS) is 10.0. The Morgan fingerprint density at radius 2 is 0.500 bits per heavy atom. The molecule has 0 saturated carbocycles. The molecule has 0 N–H and O–H groups in total. The highest BCUT2D eigenvalue weighted by Crippen LogP contribution is 2.47. The van der Waals surface area contributed by atoms with E-state index < -0.39 is 0 Å². The lowest BCUT2D eigenvalue weighted by atomic mass is 9.91. The molecular weight excluding hydrogens is 605 g/mol. The molecule has 50 heavy (non-hydrogen) atoms. The summed E-state index contributed by atoms with van der Waals surface area (Å²) in [5.41, 5.74) is 6.89. The Balaban J connectivity index is 0.000000658. The van der Waals surface area contributed by atoms with E-state index in [0.29, 0.717) is 0 Å². The molecule has 0 aliphatic carbocycles. The van der Waals surface area contributed by atoms with Crippen LogP contribution in [-0.4, -0.2) is 0 Å². The molecule has 0 amide bonds. The van der Waals surface area contributed by atoms with Crippen molar-refractivity contribution in [2.75, 3.05) is 9.80 Å². The van der Waals surface area contributed by atoms with Crippen molar-refractivity contribution in [1.29, 1.82) is 0 Å². The topological polar surface area (TPSA) is 6.48 Å². The molecule has 254 valence electrons. The first-order valence-electron chi connectivity index (χ1n) is 18.4. The molecule has 8 aromatic carbocycles. The SMILES string of the molecule is CC.CC.CC.CC.c1ccc(N(c2ccccc2)c2ccc3ccc4c(N(c5ccccc5)c5ccccc5)ccc5ccc2c3c54)cc1. The van der Waals surface area contributed by atoms with Crippen molar-refractivity contribution in [3.63, 3.8) is 0 Å². The van der Waals surface area contributed by atoms with Crippen molar-refractivity contribution >= 4 is 66.4 Å². The average Bonchev–Trinajstić information content (AvgIpc) is 3.23. The molecule has 2 nitrogen and oxygen atoms in total. The van der Waals surface area contributed by atoms with Crippen molar-refractivity contribution in [2.24, 2.45) is 0 Å². The predicted molar refractivity (Wildman–Crippen MR) is 225 cm³/mol. The van der Waals surface area contributed by atoms with Crippen LogP contribution < -0.4 is 9.80 Å². The maximum absolute atomic E-state index is 2.37. The molecule has 0 aromatic heterocycles. The molecule has 0 spiro atoms. The lowest BCUT2D eigenvalue weighted by molar-refractivity contribution is 1.30. The van der Waals surface area contributed by atoms with E-state index in [1.54, 1.807) is 0 Å². The van der Waals surface area contributed by atoms with Crippen LogP contribution in [0.1, 0.15) is 55.4 Å². The zero-order valence-corrected chi connectivity index (χ0v) is 31.1. The Bertz CT molecular complexity index is 1890. The van der Waals surface area contributed by atoms with Gasteiger partial charge in [0, 0.05) is 33.5 Å². The van der Waals surface area contributed by atoms with Gasteiger partial charge in [-0.25, -0.2) is 0 Å². The third kappa shape index (κ3) is 7.51. The molecule has 0 aliphatic heterocycles. The summed E-state index contributed by atoms with van der Waals surface area (Å²) in [7, 11) is 0. The summed E-state index contributed by atoms with van der Waals surface area (Å²) in [5.74, 6) is 0. The van der Waals surface area contributed by atoms with Crippen molar-refractivity contribution in [3.05, 3.63) is 170 Å². The quantitative estimate of drug-likeness (QED) is 0.164. The van der Waals surface area contributed by atoms with Gasteiger partial charge >= 0.3 is 0 Å². The van der Waals surface area contributed by atoms with Crippen LogP contribution in [0.15, 0.2) is 170 Å². The summed E-state index contributed by atoms with van der Waals surface area (Å²) >= 11 is 0. The number of hydrogen-bond donors (Lipinski definition) is 0. The largest absolute Gasteiger partial charge is 0.310 e. The number of para-hydroxylation sites is 4. The smallest absolute Gasteiger partial charge is 0.0540 e. The Kier molecular flexibility index (Phi) is 14.0. The fraction of sp³-hybridized carbons (Fsp3) is 0.167. The molecule has 8 rings (SSSR count). The van der Waals surface area contributed by atoms with Crippen LogP contribution in [0.2, 0.25) is 0 Å². The van der Waals surface area contributed by atoms with E-state index in [1.165, 1.54) is 43.7 Å². The molecule has 2 heteroatoms. The maximum atomic E-state index is 2.37. The van der Waals surface area contributed by atoms with Gasteiger partial charge in [-0.05, 0) is 82.2 Å². The molecule has 0 heterocycles. The zero-order chi connectivity index (χ0) is 35.9. The van der Waals surface area contributed by atoms with Crippen LogP contribution in [0.25, 0.3) is 32.3 Å². The summed E-state index contributed by atoms with van der Waals surface area (Å²) in [4.78, 5) is 4.74. The van der Waals surface area contributed by atoms with Crippen LogP contribution in [0, 0.1) is 0 Å². The number of benzene rings is 8. The maximum Gasteiger partial charge on any atom is 0.0540 e. The van der Waals surface area contributed by atoms with Crippen LogP contribution >= 0.6 is 0 Å². The van der Waals surface area contributed by atoms with E-state index in [2.05, 4.69) is 180 Å². The fourth-order valence-electron chi connectivity index (χ4n) is 6.32. The highest BCUT2D eigenvalue weighted by atomic mass is 15.1. The number of nitrogens with zero attached hydrogens (tertiary/aromatic N) is 2. The van der Waals surface area contributed by atoms with Crippen LogP contribution in [0.3, 0.4) is 0 Å². The summed E-state index contributed by atoms with van der Waals surface area (Å²) in [5, 5.41) is 7.56. The number of anilines is 6. The average molecular weight is 657 g/mol. The van der Waals surface area contributed by atoms with Crippen LogP contribution in [-0.2, 0) is 0 Å². The molecule has 0 bridgehead atoms. The molecule has 0 aliphatic rings. The Morgan fingerprint density at radius 1 is 0.260 bits per heavy atom. The molecule has 0 radical (unpaired) electrons. The summed E-state index contributed by atoms with van der Waals surface area (Å²) in [6.07, 6.45) is 0. The van der Waals surface area contributed by atoms with Crippen molar-refractivity contribution in [2.45, 2.75) is 55.4 Å². The second-order valence-corrected chi connectivity index (χ2v) is 10.6. The number of hydrogen-bond acceptors (Lipinski definition) is 2. The number of rotatable bonds is 6. The first-order chi connectivity index (χ1) is 24.9. The summed E-state index contributed by atoms with van der Waals surface area (Å²) < 4.78 is 0. The Hall–Kier alpha value is -5.60. The minimum absolute atomic E-state index is 1.14.